The topological polar surface area (TPSA) is 57.7 Å². The summed E-state index contributed by atoms with van der Waals surface area (Å²) in [6, 6.07) is 0.449. The van der Waals surface area contributed by atoms with E-state index < -0.39 is 0 Å². The van der Waals surface area contributed by atoms with Crippen molar-refractivity contribution in [2.45, 2.75) is 26.3 Å². The summed E-state index contributed by atoms with van der Waals surface area (Å²) in [5.41, 5.74) is 1.64. The molecule has 18 heavy (non-hydrogen) atoms. The molecule has 0 spiro atoms. The number of thioether (sulfide) groups is 1. The molecule has 5 nitrogen and oxygen atoms in total. The zero-order valence-electron chi connectivity index (χ0n) is 11.1. The number of fused-ring (bicyclic) bond motifs is 1. The number of nitrogens with zero attached hydrogens (tertiary/aromatic N) is 4. The first-order chi connectivity index (χ1) is 8.74. The molecule has 2 aromatic heterocycles. The van der Waals surface area contributed by atoms with E-state index in [0.717, 1.165) is 23.4 Å². The lowest BCUT2D eigenvalue weighted by Crippen LogP contribution is -2.30. The van der Waals surface area contributed by atoms with Crippen molar-refractivity contribution in [3.63, 3.8) is 0 Å². The van der Waals surface area contributed by atoms with Crippen LogP contribution in [-0.2, 0) is 0 Å². The van der Waals surface area contributed by atoms with Gasteiger partial charge in [0.1, 0.15) is 11.8 Å². The number of nitrogens with one attached hydrogen (secondary N) is 1. The number of H-pyrrole nitrogens is 1. The second-order valence-corrected chi connectivity index (χ2v) is 5.64. The minimum Gasteiger partial charge on any atom is -0.355 e. The molecule has 2 rings (SSSR count). The van der Waals surface area contributed by atoms with E-state index in [1.54, 1.807) is 12.7 Å². The summed E-state index contributed by atoms with van der Waals surface area (Å²) in [6.07, 6.45) is 4.38. The van der Waals surface area contributed by atoms with Gasteiger partial charge >= 0.3 is 0 Å². The van der Waals surface area contributed by atoms with Crippen LogP contribution in [0.15, 0.2) is 12.7 Å². The number of hydrogen-bond acceptors (Lipinski definition) is 5. The van der Waals surface area contributed by atoms with E-state index in [0.29, 0.717) is 6.04 Å². The van der Waals surface area contributed by atoms with Crippen molar-refractivity contribution in [3.8, 4) is 0 Å². The standard InChI is InChI=1S/C12H19N5S/c1-4-18-6-5-9(2)17(3)12-10-11(14-7-13-10)15-8-16-12/h7-9H,4-6H2,1-3H3,(H,13,14,15,16)/t9-/m1/s1. The summed E-state index contributed by atoms with van der Waals surface area (Å²) in [7, 11) is 2.07. The van der Waals surface area contributed by atoms with Crippen LogP contribution in [0, 0.1) is 0 Å². The van der Waals surface area contributed by atoms with E-state index in [2.05, 4.69) is 45.7 Å². The van der Waals surface area contributed by atoms with E-state index >= 15 is 0 Å². The quantitative estimate of drug-likeness (QED) is 0.812. The molecule has 0 aliphatic carbocycles. The van der Waals surface area contributed by atoms with Crippen LogP contribution >= 0.6 is 11.8 Å². The van der Waals surface area contributed by atoms with Crippen LogP contribution in [0.5, 0.6) is 0 Å². The Bertz CT molecular complexity index is 498. The number of rotatable bonds is 6. The second kappa shape index (κ2) is 6.04. The molecule has 0 amide bonds. The fourth-order valence-corrected chi connectivity index (χ4v) is 2.62. The van der Waals surface area contributed by atoms with E-state index in [1.165, 1.54) is 11.5 Å². The molecule has 2 aromatic rings. The Labute approximate surface area is 111 Å². The van der Waals surface area contributed by atoms with Gasteiger partial charge in [-0.15, -0.1) is 0 Å². The summed E-state index contributed by atoms with van der Waals surface area (Å²) in [5.74, 6) is 3.28. The molecule has 98 valence electrons. The summed E-state index contributed by atoms with van der Waals surface area (Å²) in [5, 5.41) is 0. The third kappa shape index (κ3) is 2.75. The van der Waals surface area contributed by atoms with E-state index in [4.69, 9.17) is 0 Å². The molecule has 0 saturated heterocycles. The van der Waals surface area contributed by atoms with Crippen molar-refractivity contribution >= 4 is 28.7 Å². The molecule has 0 aliphatic rings. The predicted molar refractivity (Wildman–Crippen MR) is 77.2 cm³/mol. The maximum atomic E-state index is 4.37. The van der Waals surface area contributed by atoms with Crippen LogP contribution < -0.4 is 4.90 Å². The molecular weight excluding hydrogens is 246 g/mol. The van der Waals surface area contributed by atoms with Gasteiger partial charge < -0.3 is 9.88 Å². The Morgan fingerprint density at radius 2 is 2.22 bits per heavy atom. The van der Waals surface area contributed by atoms with Gasteiger partial charge in [0, 0.05) is 13.1 Å². The number of aromatic nitrogens is 4. The number of aromatic amines is 1. The van der Waals surface area contributed by atoms with Crippen molar-refractivity contribution in [2.24, 2.45) is 0 Å². The molecule has 0 saturated carbocycles. The number of imidazole rings is 1. The van der Waals surface area contributed by atoms with Gasteiger partial charge in [0.05, 0.1) is 6.33 Å². The fraction of sp³-hybridized carbons (Fsp3) is 0.583. The Morgan fingerprint density at radius 3 is 3.00 bits per heavy atom. The van der Waals surface area contributed by atoms with Gasteiger partial charge in [-0.05, 0) is 24.9 Å². The molecule has 0 aliphatic heterocycles. The summed E-state index contributed by atoms with van der Waals surface area (Å²) >= 11 is 1.97. The zero-order valence-corrected chi connectivity index (χ0v) is 11.9. The molecule has 0 radical (unpaired) electrons. The molecule has 0 unspecified atom stereocenters. The normalized spacial score (nSPS) is 12.8. The number of anilines is 1. The van der Waals surface area contributed by atoms with Gasteiger partial charge in [-0.2, -0.15) is 11.8 Å². The molecule has 0 bridgehead atoms. The smallest absolute Gasteiger partial charge is 0.182 e. The van der Waals surface area contributed by atoms with Crippen LogP contribution in [0.2, 0.25) is 0 Å². The van der Waals surface area contributed by atoms with Crippen LogP contribution in [-0.4, -0.2) is 44.5 Å². The Hall–Kier alpha value is -1.30. The highest BCUT2D eigenvalue weighted by Gasteiger charge is 2.15. The molecular formula is C12H19N5S. The average molecular weight is 265 g/mol. The van der Waals surface area contributed by atoms with E-state index in [-0.39, 0.29) is 0 Å². The van der Waals surface area contributed by atoms with Crippen LogP contribution in [0.25, 0.3) is 11.2 Å². The lowest BCUT2D eigenvalue weighted by Gasteiger charge is -2.25. The first-order valence-electron chi connectivity index (χ1n) is 6.18. The highest BCUT2D eigenvalue weighted by molar-refractivity contribution is 7.99. The highest BCUT2D eigenvalue weighted by Crippen LogP contribution is 2.21. The number of hydrogen-bond donors (Lipinski definition) is 1. The Morgan fingerprint density at radius 1 is 1.39 bits per heavy atom. The van der Waals surface area contributed by atoms with Gasteiger partial charge in [-0.1, -0.05) is 6.92 Å². The minimum atomic E-state index is 0.449. The van der Waals surface area contributed by atoms with Crippen molar-refractivity contribution in [1.29, 1.82) is 0 Å². The predicted octanol–water partition coefficient (Wildman–Crippen LogP) is 2.32. The largest absolute Gasteiger partial charge is 0.355 e. The Balaban J connectivity index is 2.12. The van der Waals surface area contributed by atoms with Crippen molar-refractivity contribution < 1.29 is 0 Å². The van der Waals surface area contributed by atoms with Crippen LogP contribution in [0.3, 0.4) is 0 Å². The lowest BCUT2D eigenvalue weighted by atomic mass is 10.2. The summed E-state index contributed by atoms with van der Waals surface area (Å²) in [4.78, 5) is 18.0. The van der Waals surface area contributed by atoms with E-state index in [9.17, 15) is 0 Å². The van der Waals surface area contributed by atoms with Gasteiger partial charge in [-0.25, -0.2) is 15.0 Å². The molecule has 0 fully saturated rings. The van der Waals surface area contributed by atoms with Gasteiger partial charge in [0.25, 0.3) is 0 Å². The second-order valence-electron chi connectivity index (χ2n) is 4.24. The first-order valence-corrected chi connectivity index (χ1v) is 7.34. The molecule has 1 atom stereocenters. The lowest BCUT2D eigenvalue weighted by molar-refractivity contribution is 0.663. The summed E-state index contributed by atoms with van der Waals surface area (Å²) < 4.78 is 0. The van der Waals surface area contributed by atoms with Crippen molar-refractivity contribution in [1.82, 2.24) is 19.9 Å². The molecule has 0 aromatic carbocycles. The monoisotopic (exact) mass is 265 g/mol. The van der Waals surface area contributed by atoms with Gasteiger partial charge in [0.2, 0.25) is 0 Å². The van der Waals surface area contributed by atoms with E-state index in [1.807, 2.05) is 11.8 Å². The molecule has 2 heterocycles. The van der Waals surface area contributed by atoms with Crippen LogP contribution in [0.1, 0.15) is 20.3 Å². The zero-order chi connectivity index (χ0) is 13.0. The summed E-state index contributed by atoms with van der Waals surface area (Å²) in [6.45, 7) is 4.41. The maximum Gasteiger partial charge on any atom is 0.182 e. The van der Waals surface area contributed by atoms with Crippen molar-refractivity contribution in [2.75, 3.05) is 23.5 Å². The first kappa shape index (κ1) is 13.1. The minimum absolute atomic E-state index is 0.449. The fourth-order valence-electron chi connectivity index (χ4n) is 1.82. The SMILES string of the molecule is CCSCC[C@@H](C)N(C)c1ncnc2nc[nH]c12. The highest BCUT2D eigenvalue weighted by atomic mass is 32.2. The molecule has 1 N–H and O–H groups in total. The molecule has 6 heteroatoms. The Kier molecular flexibility index (Phi) is 4.41. The van der Waals surface area contributed by atoms with Crippen LogP contribution in [0.4, 0.5) is 5.82 Å². The van der Waals surface area contributed by atoms with Gasteiger partial charge in [0.15, 0.2) is 11.5 Å². The average Bonchev–Trinajstić information content (AvgIpc) is 2.86. The maximum absolute atomic E-state index is 4.37. The van der Waals surface area contributed by atoms with Crippen molar-refractivity contribution in [3.05, 3.63) is 12.7 Å². The third-order valence-corrected chi connectivity index (χ3v) is 4.01. The van der Waals surface area contributed by atoms with Gasteiger partial charge in [-0.3, -0.25) is 0 Å². The third-order valence-electron chi connectivity index (χ3n) is 3.08.